The SMILES string of the molecule is NC(=O)CC1NC2CCCCC2NC1=O. The van der Waals surface area contributed by atoms with Crippen LogP contribution in [0.3, 0.4) is 0 Å². The summed E-state index contributed by atoms with van der Waals surface area (Å²) >= 11 is 0. The number of hydrogen-bond acceptors (Lipinski definition) is 3. The second kappa shape index (κ2) is 4.18. The van der Waals surface area contributed by atoms with Crippen molar-refractivity contribution in [2.75, 3.05) is 0 Å². The van der Waals surface area contributed by atoms with Crippen molar-refractivity contribution >= 4 is 11.8 Å². The first kappa shape index (κ1) is 10.4. The van der Waals surface area contributed by atoms with E-state index in [2.05, 4.69) is 10.6 Å². The van der Waals surface area contributed by atoms with Gasteiger partial charge in [-0.3, -0.25) is 9.59 Å². The molecule has 3 atom stereocenters. The molecule has 2 fully saturated rings. The number of amides is 2. The minimum absolute atomic E-state index is 0.0862. The molecule has 3 unspecified atom stereocenters. The summed E-state index contributed by atoms with van der Waals surface area (Å²) in [5, 5.41) is 6.19. The topological polar surface area (TPSA) is 84.2 Å². The molecule has 1 heterocycles. The van der Waals surface area contributed by atoms with Crippen molar-refractivity contribution in [3.8, 4) is 0 Å². The lowest BCUT2D eigenvalue weighted by molar-refractivity contribution is -0.130. The van der Waals surface area contributed by atoms with Gasteiger partial charge in [-0.2, -0.15) is 0 Å². The van der Waals surface area contributed by atoms with Crippen LogP contribution in [0.25, 0.3) is 0 Å². The Hall–Kier alpha value is -1.10. The molecule has 15 heavy (non-hydrogen) atoms. The normalized spacial score (nSPS) is 35.5. The van der Waals surface area contributed by atoms with E-state index in [1.165, 1.54) is 12.8 Å². The molecule has 1 aliphatic carbocycles. The highest BCUT2D eigenvalue weighted by molar-refractivity contribution is 5.88. The van der Waals surface area contributed by atoms with Gasteiger partial charge in [0.1, 0.15) is 0 Å². The number of primary amides is 1. The van der Waals surface area contributed by atoms with Crippen LogP contribution in [0.5, 0.6) is 0 Å². The van der Waals surface area contributed by atoms with Gasteiger partial charge in [-0.1, -0.05) is 12.8 Å². The summed E-state index contributed by atoms with van der Waals surface area (Å²) in [4.78, 5) is 22.4. The van der Waals surface area contributed by atoms with Gasteiger partial charge in [0, 0.05) is 12.1 Å². The summed E-state index contributed by atoms with van der Waals surface area (Å²) in [6.45, 7) is 0. The van der Waals surface area contributed by atoms with Crippen LogP contribution in [0.1, 0.15) is 32.1 Å². The van der Waals surface area contributed by atoms with Crippen molar-refractivity contribution in [2.24, 2.45) is 5.73 Å². The molecular formula is C10H17N3O2. The first-order chi connectivity index (χ1) is 7.16. The summed E-state index contributed by atoms with van der Waals surface area (Å²) in [5.41, 5.74) is 5.09. The average Bonchev–Trinajstić information content (AvgIpc) is 2.18. The van der Waals surface area contributed by atoms with E-state index in [1.54, 1.807) is 0 Å². The highest BCUT2D eigenvalue weighted by atomic mass is 16.2. The summed E-state index contributed by atoms with van der Waals surface area (Å²) < 4.78 is 0. The van der Waals surface area contributed by atoms with Crippen molar-refractivity contribution in [3.05, 3.63) is 0 Å². The summed E-state index contributed by atoms with van der Waals surface area (Å²) in [6, 6.07) is 0.137. The maximum absolute atomic E-state index is 11.6. The molecule has 5 nitrogen and oxygen atoms in total. The molecule has 0 aromatic rings. The van der Waals surface area contributed by atoms with Crippen molar-refractivity contribution in [3.63, 3.8) is 0 Å². The minimum Gasteiger partial charge on any atom is -0.370 e. The third kappa shape index (κ3) is 2.28. The molecule has 84 valence electrons. The predicted octanol–water partition coefficient (Wildman–Crippen LogP) is -0.739. The Labute approximate surface area is 88.8 Å². The number of hydrogen-bond donors (Lipinski definition) is 3. The Balaban J connectivity index is 1.98. The van der Waals surface area contributed by atoms with Gasteiger partial charge in [0.05, 0.1) is 12.5 Å². The van der Waals surface area contributed by atoms with E-state index < -0.39 is 11.9 Å². The molecule has 2 rings (SSSR count). The van der Waals surface area contributed by atoms with E-state index >= 15 is 0 Å². The second-order valence-electron chi connectivity index (χ2n) is 4.40. The Morgan fingerprint density at radius 3 is 2.67 bits per heavy atom. The number of carbonyl (C=O) groups is 2. The van der Waals surface area contributed by atoms with E-state index in [0.717, 1.165) is 12.8 Å². The summed E-state index contributed by atoms with van der Waals surface area (Å²) in [5.74, 6) is -0.520. The maximum atomic E-state index is 11.6. The Morgan fingerprint density at radius 1 is 1.33 bits per heavy atom. The summed E-state index contributed by atoms with van der Waals surface area (Å²) in [6.07, 6.45) is 4.55. The van der Waals surface area contributed by atoms with Crippen LogP contribution in [-0.2, 0) is 9.59 Å². The largest absolute Gasteiger partial charge is 0.370 e. The molecule has 0 spiro atoms. The zero-order valence-corrected chi connectivity index (χ0v) is 8.66. The zero-order valence-electron chi connectivity index (χ0n) is 8.66. The molecule has 1 saturated heterocycles. The molecule has 4 N–H and O–H groups in total. The Bertz CT molecular complexity index is 280. The number of nitrogens with one attached hydrogen (secondary N) is 2. The van der Waals surface area contributed by atoms with Crippen molar-refractivity contribution < 1.29 is 9.59 Å². The number of nitrogens with two attached hydrogens (primary N) is 1. The predicted molar refractivity (Wildman–Crippen MR) is 54.9 cm³/mol. The number of fused-ring (bicyclic) bond motifs is 1. The van der Waals surface area contributed by atoms with Crippen LogP contribution >= 0.6 is 0 Å². The molecule has 1 aliphatic heterocycles. The van der Waals surface area contributed by atoms with Gasteiger partial charge in [-0.25, -0.2) is 0 Å². The molecule has 5 heteroatoms. The van der Waals surface area contributed by atoms with Gasteiger partial charge in [0.15, 0.2) is 0 Å². The lowest BCUT2D eigenvalue weighted by Crippen LogP contribution is -2.65. The van der Waals surface area contributed by atoms with Crippen LogP contribution < -0.4 is 16.4 Å². The molecule has 2 aliphatic rings. The van der Waals surface area contributed by atoms with Crippen LogP contribution in [0.4, 0.5) is 0 Å². The minimum atomic E-state index is -0.433. The third-order valence-corrected chi connectivity index (χ3v) is 3.23. The van der Waals surface area contributed by atoms with Gasteiger partial charge in [-0.15, -0.1) is 0 Å². The number of piperazine rings is 1. The van der Waals surface area contributed by atoms with Gasteiger partial charge < -0.3 is 16.4 Å². The van der Waals surface area contributed by atoms with Crippen molar-refractivity contribution in [1.82, 2.24) is 10.6 Å². The van der Waals surface area contributed by atoms with E-state index in [9.17, 15) is 9.59 Å². The first-order valence-corrected chi connectivity index (χ1v) is 5.51. The van der Waals surface area contributed by atoms with Crippen LogP contribution in [0, 0.1) is 0 Å². The molecule has 2 amide bonds. The molecule has 1 saturated carbocycles. The lowest BCUT2D eigenvalue weighted by atomic mass is 9.87. The quantitative estimate of drug-likeness (QED) is 0.562. The standard InChI is InChI=1S/C10H17N3O2/c11-9(14)5-8-10(15)13-7-4-2-1-3-6(7)12-8/h6-8,12H,1-5H2,(H2,11,14)(H,13,15). The highest BCUT2D eigenvalue weighted by Gasteiger charge is 2.36. The van der Waals surface area contributed by atoms with Gasteiger partial charge in [-0.05, 0) is 12.8 Å². The Morgan fingerprint density at radius 2 is 2.00 bits per heavy atom. The lowest BCUT2D eigenvalue weighted by Gasteiger charge is -2.40. The Kier molecular flexibility index (Phi) is 2.90. The van der Waals surface area contributed by atoms with Gasteiger partial charge in [0.2, 0.25) is 11.8 Å². The van der Waals surface area contributed by atoms with Crippen LogP contribution in [0.15, 0.2) is 0 Å². The third-order valence-electron chi connectivity index (χ3n) is 3.23. The van der Waals surface area contributed by atoms with E-state index in [1.807, 2.05) is 0 Å². The monoisotopic (exact) mass is 211 g/mol. The van der Waals surface area contributed by atoms with Crippen LogP contribution in [0.2, 0.25) is 0 Å². The molecule has 0 aromatic heterocycles. The fraction of sp³-hybridized carbons (Fsp3) is 0.800. The fourth-order valence-electron chi connectivity index (χ4n) is 2.47. The molecule has 0 radical (unpaired) electrons. The van der Waals surface area contributed by atoms with Crippen LogP contribution in [-0.4, -0.2) is 29.9 Å². The fourth-order valence-corrected chi connectivity index (χ4v) is 2.47. The smallest absolute Gasteiger partial charge is 0.237 e. The molecule has 0 aromatic carbocycles. The zero-order chi connectivity index (χ0) is 10.8. The number of carbonyl (C=O) groups excluding carboxylic acids is 2. The van der Waals surface area contributed by atoms with E-state index in [4.69, 9.17) is 5.73 Å². The summed E-state index contributed by atoms with van der Waals surface area (Å²) in [7, 11) is 0. The molecular weight excluding hydrogens is 194 g/mol. The average molecular weight is 211 g/mol. The van der Waals surface area contributed by atoms with Gasteiger partial charge >= 0.3 is 0 Å². The van der Waals surface area contributed by atoms with E-state index in [0.29, 0.717) is 6.04 Å². The second-order valence-corrected chi connectivity index (χ2v) is 4.40. The van der Waals surface area contributed by atoms with E-state index in [-0.39, 0.29) is 18.4 Å². The first-order valence-electron chi connectivity index (χ1n) is 5.51. The number of rotatable bonds is 2. The molecule has 0 bridgehead atoms. The maximum Gasteiger partial charge on any atom is 0.237 e. The van der Waals surface area contributed by atoms with Crippen molar-refractivity contribution in [1.29, 1.82) is 0 Å². The van der Waals surface area contributed by atoms with Gasteiger partial charge in [0.25, 0.3) is 0 Å². The highest BCUT2D eigenvalue weighted by Crippen LogP contribution is 2.22. The van der Waals surface area contributed by atoms with Crippen molar-refractivity contribution in [2.45, 2.75) is 50.2 Å².